The molecule has 3 amide bonds. The Hall–Kier alpha value is -2.74. The van der Waals surface area contributed by atoms with Crippen LogP contribution in [-0.4, -0.2) is 25.0 Å². The van der Waals surface area contributed by atoms with E-state index in [4.69, 9.17) is 0 Å². The van der Waals surface area contributed by atoms with Gasteiger partial charge in [-0.3, -0.25) is 4.79 Å². The minimum atomic E-state index is -0.278. The standard InChI is InChI=1S/C15H17N3O2/c1-3-10-16-15(20)17-11-4-5-13-6-8-14(9-7-13)18-12(2)19/h3,6-9H,1,10-11H2,2H3,(H,18,19)(H2,16,17,20). The van der Waals surface area contributed by atoms with Crippen molar-refractivity contribution in [2.75, 3.05) is 18.4 Å². The summed E-state index contributed by atoms with van der Waals surface area (Å²) in [5, 5.41) is 7.85. The van der Waals surface area contributed by atoms with Crippen LogP contribution in [0.5, 0.6) is 0 Å². The van der Waals surface area contributed by atoms with Crippen molar-refractivity contribution in [2.24, 2.45) is 0 Å². The van der Waals surface area contributed by atoms with E-state index in [-0.39, 0.29) is 18.5 Å². The van der Waals surface area contributed by atoms with E-state index in [1.807, 2.05) is 0 Å². The molecule has 0 aliphatic heterocycles. The lowest BCUT2D eigenvalue weighted by Crippen LogP contribution is -2.35. The fourth-order valence-electron chi connectivity index (χ4n) is 1.34. The topological polar surface area (TPSA) is 70.2 Å². The van der Waals surface area contributed by atoms with Gasteiger partial charge in [-0.2, -0.15) is 0 Å². The first-order valence-electron chi connectivity index (χ1n) is 6.11. The molecule has 3 N–H and O–H groups in total. The van der Waals surface area contributed by atoms with Gasteiger partial charge in [0.15, 0.2) is 0 Å². The summed E-state index contributed by atoms with van der Waals surface area (Å²) in [4.78, 5) is 22.0. The van der Waals surface area contributed by atoms with Crippen molar-refractivity contribution in [2.45, 2.75) is 6.92 Å². The number of hydrogen-bond donors (Lipinski definition) is 3. The number of carbonyl (C=O) groups excluding carboxylic acids is 2. The molecule has 1 rings (SSSR count). The van der Waals surface area contributed by atoms with E-state index in [0.717, 1.165) is 11.3 Å². The van der Waals surface area contributed by atoms with Crippen molar-refractivity contribution in [3.8, 4) is 11.8 Å². The van der Waals surface area contributed by atoms with E-state index in [2.05, 4.69) is 34.4 Å². The zero-order valence-electron chi connectivity index (χ0n) is 11.3. The van der Waals surface area contributed by atoms with Crippen LogP contribution in [0.3, 0.4) is 0 Å². The first-order valence-corrected chi connectivity index (χ1v) is 6.11. The molecular weight excluding hydrogens is 254 g/mol. The third-order valence-corrected chi connectivity index (χ3v) is 2.18. The van der Waals surface area contributed by atoms with E-state index in [9.17, 15) is 9.59 Å². The van der Waals surface area contributed by atoms with Gasteiger partial charge in [-0.1, -0.05) is 17.9 Å². The van der Waals surface area contributed by atoms with Crippen LogP contribution in [0.2, 0.25) is 0 Å². The number of urea groups is 1. The number of rotatable bonds is 4. The zero-order valence-corrected chi connectivity index (χ0v) is 11.3. The maximum atomic E-state index is 11.2. The number of nitrogens with one attached hydrogen (secondary N) is 3. The second kappa shape index (κ2) is 8.38. The molecule has 104 valence electrons. The summed E-state index contributed by atoms with van der Waals surface area (Å²) in [6.07, 6.45) is 1.60. The Kier molecular flexibility index (Phi) is 6.42. The smallest absolute Gasteiger partial charge is 0.315 e. The molecule has 5 heteroatoms. The maximum absolute atomic E-state index is 11.2. The van der Waals surface area contributed by atoms with E-state index in [1.54, 1.807) is 30.3 Å². The van der Waals surface area contributed by atoms with Crippen LogP contribution in [-0.2, 0) is 4.79 Å². The molecule has 0 aromatic heterocycles. The summed E-state index contributed by atoms with van der Waals surface area (Å²) in [7, 11) is 0. The van der Waals surface area contributed by atoms with Crippen LogP contribution < -0.4 is 16.0 Å². The Bertz CT molecular complexity index is 538. The quantitative estimate of drug-likeness (QED) is 0.573. The molecule has 0 bridgehead atoms. The fraction of sp³-hybridized carbons (Fsp3) is 0.200. The molecule has 0 spiro atoms. The van der Waals surface area contributed by atoms with E-state index >= 15 is 0 Å². The lowest BCUT2D eigenvalue weighted by atomic mass is 10.2. The molecule has 1 aromatic carbocycles. The van der Waals surface area contributed by atoms with Gasteiger partial charge in [0.05, 0.1) is 6.54 Å². The molecule has 0 fully saturated rings. The van der Waals surface area contributed by atoms with Gasteiger partial charge in [-0.05, 0) is 24.3 Å². The monoisotopic (exact) mass is 271 g/mol. The fourth-order valence-corrected chi connectivity index (χ4v) is 1.34. The van der Waals surface area contributed by atoms with Crippen LogP contribution in [0.4, 0.5) is 10.5 Å². The lowest BCUT2D eigenvalue weighted by molar-refractivity contribution is -0.114. The van der Waals surface area contributed by atoms with Crippen molar-refractivity contribution in [3.63, 3.8) is 0 Å². The molecule has 0 radical (unpaired) electrons. The summed E-state index contributed by atoms with van der Waals surface area (Å²) in [5.41, 5.74) is 1.54. The highest BCUT2D eigenvalue weighted by atomic mass is 16.2. The molecule has 0 aliphatic carbocycles. The minimum absolute atomic E-state index is 0.112. The van der Waals surface area contributed by atoms with Gasteiger partial charge in [-0.25, -0.2) is 4.79 Å². The van der Waals surface area contributed by atoms with Crippen molar-refractivity contribution in [1.29, 1.82) is 0 Å². The maximum Gasteiger partial charge on any atom is 0.315 e. The molecular formula is C15H17N3O2. The minimum Gasteiger partial charge on any atom is -0.335 e. The van der Waals surface area contributed by atoms with Crippen LogP contribution in [0.25, 0.3) is 0 Å². The molecule has 0 heterocycles. The van der Waals surface area contributed by atoms with Gasteiger partial charge in [0.1, 0.15) is 0 Å². The SMILES string of the molecule is C=CCNC(=O)NCC#Cc1ccc(NC(C)=O)cc1. The summed E-state index contributed by atoms with van der Waals surface area (Å²) in [6.45, 7) is 5.63. The van der Waals surface area contributed by atoms with Crippen molar-refractivity contribution in [1.82, 2.24) is 10.6 Å². The van der Waals surface area contributed by atoms with Gasteiger partial charge in [-0.15, -0.1) is 6.58 Å². The van der Waals surface area contributed by atoms with Gasteiger partial charge >= 0.3 is 6.03 Å². The van der Waals surface area contributed by atoms with Crippen molar-refractivity contribution < 1.29 is 9.59 Å². The van der Waals surface area contributed by atoms with E-state index in [1.165, 1.54) is 6.92 Å². The van der Waals surface area contributed by atoms with Crippen LogP contribution >= 0.6 is 0 Å². The van der Waals surface area contributed by atoms with Gasteiger partial charge in [0.25, 0.3) is 0 Å². The highest BCUT2D eigenvalue weighted by Gasteiger charge is 1.95. The Morgan fingerprint density at radius 1 is 1.25 bits per heavy atom. The highest BCUT2D eigenvalue weighted by Crippen LogP contribution is 2.08. The first-order chi connectivity index (χ1) is 9.61. The van der Waals surface area contributed by atoms with Gasteiger partial charge in [0.2, 0.25) is 5.91 Å². The Morgan fingerprint density at radius 3 is 2.55 bits per heavy atom. The van der Waals surface area contributed by atoms with E-state index in [0.29, 0.717) is 6.54 Å². The Balaban J connectivity index is 2.41. The number of carbonyl (C=O) groups is 2. The summed E-state index contributed by atoms with van der Waals surface area (Å²) >= 11 is 0. The second-order valence-electron chi connectivity index (χ2n) is 3.91. The highest BCUT2D eigenvalue weighted by molar-refractivity contribution is 5.88. The van der Waals surface area contributed by atoms with Crippen molar-refractivity contribution >= 4 is 17.6 Å². The molecule has 1 aromatic rings. The number of amides is 3. The predicted octanol–water partition coefficient (Wildman–Crippen LogP) is 1.48. The summed E-state index contributed by atoms with van der Waals surface area (Å²) < 4.78 is 0. The lowest BCUT2D eigenvalue weighted by Gasteiger charge is -2.01. The average Bonchev–Trinajstić information content (AvgIpc) is 2.42. The third kappa shape index (κ3) is 6.26. The molecule has 0 aliphatic rings. The Morgan fingerprint density at radius 2 is 1.95 bits per heavy atom. The van der Waals surface area contributed by atoms with Gasteiger partial charge < -0.3 is 16.0 Å². The van der Waals surface area contributed by atoms with Crippen LogP contribution in [0.15, 0.2) is 36.9 Å². The van der Waals surface area contributed by atoms with Crippen LogP contribution in [0.1, 0.15) is 12.5 Å². The molecule has 0 saturated heterocycles. The molecule has 0 saturated carbocycles. The van der Waals surface area contributed by atoms with Gasteiger partial charge in [0, 0.05) is 24.7 Å². The third-order valence-electron chi connectivity index (χ3n) is 2.18. The number of benzene rings is 1. The molecule has 0 unspecified atom stereocenters. The summed E-state index contributed by atoms with van der Waals surface area (Å²) in [6, 6.07) is 6.87. The number of hydrogen-bond acceptors (Lipinski definition) is 2. The van der Waals surface area contributed by atoms with Crippen LogP contribution in [0, 0.1) is 11.8 Å². The average molecular weight is 271 g/mol. The largest absolute Gasteiger partial charge is 0.335 e. The zero-order chi connectivity index (χ0) is 14.8. The number of anilines is 1. The predicted molar refractivity (Wildman–Crippen MR) is 79.2 cm³/mol. The summed E-state index contributed by atoms with van der Waals surface area (Å²) in [5.74, 6) is 5.63. The molecule has 5 nitrogen and oxygen atoms in total. The second-order valence-corrected chi connectivity index (χ2v) is 3.91. The van der Waals surface area contributed by atoms with E-state index < -0.39 is 0 Å². The first kappa shape index (κ1) is 15.3. The van der Waals surface area contributed by atoms with Crippen molar-refractivity contribution in [3.05, 3.63) is 42.5 Å². The Labute approximate surface area is 118 Å². The normalized spacial score (nSPS) is 8.85. The molecule has 0 atom stereocenters. The molecule has 20 heavy (non-hydrogen) atoms.